The Kier molecular flexibility index (Phi) is 9.40. The van der Waals surface area contributed by atoms with Crippen LogP contribution in [-0.4, -0.2) is 73.0 Å². The highest BCUT2D eigenvalue weighted by Gasteiger charge is 2.35. The Hall–Kier alpha value is -1.40. The minimum absolute atomic E-state index is 0.0902. The number of hydrogen-bond acceptors (Lipinski definition) is 4. The maximum absolute atomic E-state index is 13.1. The number of nitrogens with zero attached hydrogens (tertiary/aromatic N) is 2. The first kappa shape index (κ1) is 26.2. The third kappa shape index (κ3) is 7.29. The second-order valence-corrected chi connectivity index (χ2v) is 11.7. The Morgan fingerprint density at radius 2 is 1.88 bits per heavy atom. The second-order valence-electron chi connectivity index (χ2n) is 11.7. The molecule has 0 spiro atoms. The van der Waals surface area contributed by atoms with Gasteiger partial charge in [-0.25, -0.2) is 0 Å². The Bertz CT molecular complexity index is 715. The van der Waals surface area contributed by atoms with Crippen molar-refractivity contribution in [3.8, 4) is 0 Å². The number of amides is 2. The van der Waals surface area contributed by atoms with Crippen molar-refractivity contribution in [2.24, 2.45) is 11.3 Å². The topological polar surface area (TPSA) is 64.7 Å². The van der Waals surface area contributed by atoms with E-state index in [0.717, 1.165) is 58.4 Å². The fraction of sp³-hybridized carbons (Fsp3) is 0.852. The number of fused-ring (bicyclic) bond motifs is 2. The third-order valence-corrected chi connectivity index (χ3v) is 7.91. The lowest BCUT2D eigenvalue weighted by Gasteiger charge is -2.38. The summed E-state index contributed by atoms with van der Waals surface area (Å²) in [7, 11) is 0. The molecule has 3 aliphatic rings. The van der Waals surface area contributed by atoms with Crippen LogP contribution in [0.1, 0.15) is 86.0 Å². The van der Waals surface area contributed by atoms with Crippen molar-refractivity contribution < 1.29 is 9.59 Å². The number of carbonyl (C=O) groups excluding carboxylic acids is 2. The molecular weight excluding hydrogens is 412 g/mol. The monoisotopic (exact) mass is 460 g/mol. The number of rotatable bonds is 4. The molecule has 0 aromatic heterocycles. The van der Waals surface area contributed by atoms with E-state index in [2.05, 4.69) is 55.1 Å². The summed E-state index contributed by atoms with van der Waals surface area (Å²) >= 11 is 0. The lowest BCUT2D eigenvalue weighted by molar-refractivity contribution is -0.134. The molecule has 6 heteroatoms. The van der Waals surface area contributed by atoms with Crippen molar-refractivity contribution in [1.82, 2.24) is 20.4 Å². The van der Waals surface area contributed by atoms with Gasteiger partial charge in [-0.15, -0.1) is 0 Å². The quantitative estimate of drug-likeness (QED) is 0.628. The molecular formula is C27H48N4O2. The van der Waals surface area contributed by atoms with E-state index in [1.165, 1.54) is 19.3 Å². The van der Waals surface area contributed by atoms with Crippen LogP contribution in [0.25, 0.3) is 0 Å². The summed E-state index contributed by atoms with van der Waals surface area (Å²) in [5.74, 6) is 0.676. The average Bonchev–Trinajstić information content (AvgIpc) is 3.21. The molecule has 3 rings (SSSR count). The molecule has 0 radical (unpaired) electrons. The van der Waals surface area contributed by atoms with E-state index < -0.39 is 0 Å². The van der Waals surface area contributed by atoms with Crippen LogP contribution in [0.2, 0.25) is 0 Å². The molecule has 33 heavy (non-hydrogen) atoms. The van der Waals surface area contributed by atoms with Crippen molar-refractivity contribution in [3.63, 3.8) is 0 Å². The number of nitrogens with one attached hydrogen (secondary N) is 2. The number of hydrogen-bond donors (Lipinski definition) is 2. The average molecular weight is 461 g/mol. The largest absolute Gasteiger partial charge is 0.355 e. The Labute approximate surface area is 201 Å². The van der Waals surface area contributed by atoms with E-state index in [9.17, 15) is 9.59 Å². The van der Waals surface area contributed by atoms with Gasteiger partial charge in [0.25, 0.3) is 0 Å². The predicted octanol–water partition coefficient (Wildman–Crippen LogP) is 3.72. The van der Waals surface area contributed by atoms with E-state index in [1.807, 2.05) is 0 Å². The Morgan fingerprint density at radius 3 is 2.61 bits per heavy atom. The van der Waals surface area contributed by atoms with Crippen molar-refractivity contribution >= 4 is 11.8 Å². The molecule has 2 bridgehead atoms. The van der Waals surface area contributed by atoms with E-state index in [0.29, 0.717) is 18.9 Å². The summed E-state index contributed by atoms with van der Waals surface area (Å²) in [5, 5.41) is 6.49. The zero-order chi connectivity index (χ0) is 24.0. The van der Waals surface area contributed by atoms with Crippen molar-refractivity contribution in [3.05, 3.63) is 11.1 Å². The van der Waals surface area contributed by atoms with Crippen molar-refractivity contribution in [2.75, 3.05) is 39.3 Å². The molecule has 2 heterocycles. The van der Waals surface area contributed by atoms with Crippen LogP contribution < -0.4 is 10.6 Å². The minimum atomic E-state index is -0.174. The lowest BCUT2D eigenvalue weighted by atomic mass is 9.72. The first-order valence-electron chi connectivity index (χ1n) is 13.4. The molecule has 188 valence electrons. The van der Waals surface area contributed by atoms with Gasteiger partial charge in [0.05, 0.1) is 6.04 Å². The normalized spacial score (nSPS) is 28.1. The van der Waals surface area contributed by atoms with Gasteiger partial charge < -0.3 is 15.5 Å². The molecule has 2 aliphatic heterocycles. The van der Waals surface area contributed by atoms with Crippen LogP contribution in [0.3, 0.4) is 0 Å². The molecule has 1 aliphatic carbocycles. The van der Waals surface area contributed by atoms with Gasteiger partial charge in [0.1, 0.15) is 0 Å². The van der Waals surface area contributed by atoms with Crippen molar-refractivity contribution in [2.45, 2.75) is 98.1 Å². The number of allylic oxidation sites excluding steroid dienone is 1. The first-order chi connectivity index (χ1) is 15.7. The van der Waals surface area contributed by atoms with Crippen LogP contribution in [0.4, 0.5) is 0 Å². The van der Waals surface area contributed by atoms with E-state index in [4.69, 9.17) is 0 Å². The molecule has 0 aromatic carbocycles. The lowest BCUT2D eigenvalue weighted by Crippen LogP contribution is -2.44. The number of carbonyl (C=O) groups is 2. The van der Waals surface area contributed by atoms with Gasteiger partial charge in [-0.2, -0.15) is 0 Å². The summed E-state index contributed by atoms with van der Waals surface area (Å²) < 4.78 is 0. The molecule has 6 nitrogen and oxygen atoms in total. The summed E-state index contributed by atoms with van der Waals surface area (Å²) in [6, 6.07) is -0.0575. The van der Waals surface area contributed by atoms with Gasteiger partial charge in [0.15, 0.2) is 0 Å². The molecule has 0 saturated carbocycles. The minimum Gasteiger partial charge on any atom is -0.355 e. The first-order valence-corrected chi connectivity index (χ1v) is 13.4. The molecule has 2 amide bonds. The zero-order valence-corrected chi connectivity index (χ0v) is 21.8. The summed E-state index contributed by atoms with van der Waals surface area (Å²) in [6.07, 6.45) is 8.19. The summed E-state index contributed by atoms with van der Waals surface area (Å²) in [5.41, 5.74) is 3.48. The third-order valence-electron chi connectivity index (χ3n) is 7.91. The standard InChI is InChI=1S/C27H48N4O2/c1-20(2)16-25(32)31-15-9-14-30(19-23-21(3)10-8-11-27(23,4)5)13-7-6-12-28-26(33)24-17-22(31)18-29-24/h20,22,24,29H,6-19H2,1-5H3,(H,28,33)/t22-,24-/m0/s1. The summed E-state index contributed by atoms with van der Waals surface area (Å²) in [4.78, 5) is 30.5. The molecule has 2 fully saturated rings. The van der Waals surface area contributed by atoms with Crippen LogP contribution in [0.15, 0.2) is 11.1 Å². The molecule has 2 atom stereocenters. The smallest absolute Gasteiger partial charge is 0.237 e. The molecule has 0 unspecified atom stereocenters. The highest BCUT2D eigenvalue weighted by atomic mass is 16.2. The van der Waals surface area contributed by atoms with E-state index in [-0.39, 0.29) is 29.3 Å². The van der Waals surface area contributed by atoms with Crippen LogP contribution >= 0.6 is 0 Å². The van der Waals surface area contributed by atoms with Crippen LogP contribution in [0.5, 0.6) is 0 Å². The van der Waals surface area contributed by atoms with Gasteiger partial charge in [-0.1, -0.05) is 38.8 Å². The van der Waals surface area contributed by atoms with Gasteiger partial charge in [0, 0.05) is 45.2 Å². The second kappa shape index (κ2) is 11.8. The predicted molar refractivity (Wildman–Crippen MR) is 135 cm³/mol. The zero-order valence-electron chi connectivity index (χ0n) is 21.8. The van der Waals surface area contributed by atoms with Crippen LogP contribution in [-0.2, 0) is 9.59 Å². The fourth-order valence-electron chi connectivity index (χ4n) is 5.91. The summed E-state index contributed by atoms with van der Waals surface area (Å²) in [6.45, 7) is 16.7. The van der Waals surface area contributed by atoms with Gasteiger partial charge >= 0.3 is 0 Å². The fourth-order valence-corrected chi connectivity index (χ4v) is 5.91. The van der Waals surface area contributed by atoms with E-state index >= 15 is 0 Å². The highest BCUT2D eigenvalue weighted by molar-refractivity contribution is 5.82. The maximum atomic E-state index is 13.1. The molecule has 0 aromatic rings. The van der Waals surface area contributed by atoms with Crippen LogP contribution in [0, 0.1) is 11.3 Å². The van der Waals surface area contributed by atoms with Gasteiger partial charge in [0.2, 0.25) is 11.8 Å². The SMILES string of the molecule is CC1=C(CN2CCCCNC(=O)[C@@H]3C[C@@H](CN3)N(C(=O)CC(C)C)CCC2)C(C)(C)CCC1. The molecule has 2 N–H and O–H groups in total. The van der Waals surface area contributed by atoms with E-state index in [1.54, 1.807) is 11.1 Å². The molecule has 2 saturated heterocycles. The Balaban J connectivity index is 1.72. The van der Waals surface area contributed by atoms with Gasteiger partial charge in [-0.3, -0.25) is 14.5 Å². The van der Waals surface area contributed by atoms with Crippen molar-refractivity contribution in [1.29, 1.82) is 0 Å². The highest BCUT2D eigenvalue weighted by Crippen LogP contribution is 2.40. The maximum Gasteiger partial charge on any atom is 0.237 e. The van der Waals surface area contributed by atoms with Gasteiger partial charge in [-0.05, 0) is 69.7 Å². The Morgan fingerprint density at radius 1 is 1.12 bits per heavy atom.